The topological polar surface area (TPSA) is 102 Å². The van der Waals surface area contributed by atoms with Crippen molar-refractivity contribution in [3.8, 4) is 0 Å². The molecule has 0 aliphatic carbocycles. The van der Waals surface area contributed by atoms with Crippen LogP contribution in [0.3, 0.4) is 0 Å². The number of amides is 1. The molecule has 0 saturated carbocycles. The molecule has 0 radical (unpaired) electrons. The van der Waals surface area contributed by atoms with Gasteiger partial charge in [0, 0.05) is 22.6 Å². The largest absolute Gasteiger partial charge is 0.459 e. The second-order valence-electron chi connectivity index (χ2n) is 5.84. The molecule has 2 bridgehead atoms. The van der Waals surface area contributed by atoms with Crippen molar-refractivity contribution in [2.24, 2.45) is 0 Å². The number of rotatable bonds is 5. The van der Waals surface area contributed by atoms with Crippen LogP contribution in [0, 0.1) is 0 Å². The number of carbonyl (C=O) groups is 2. The summed E-state index contributed by atoms with van der Waals surface area (Å²) < 4.78 is 31.9. The molecular weight excluding hydrogens is 328 g/mol. The van der Waals surface area contributed by atoms with Crippen LogP contribution in [0.5, 0.6) is 0 Å². The summed E-state index contributed by atoms with van der Waals surface area (Å²) in [5.41, 5.74) is 0.379. The van der Waals surface area contributed by atoms with Gasteiger partial charge in [-0.15, -0.1) is 11.8 Å². The third kappa shape index (κ3) is 2.65. The Hall–Kier alpha value is -1.06. The highest BCUT2D eigenvalue weighted by Crippen LogP contribution is 2.53. The number of fused-ring (bicyclic) bond motifs is 1. The van der Waals surface area contributed by atoms with Crippen molar-refractivity contribution >= 4 is 33.7 Å². The van der Waals surface area contributed by atoms with Crippen molar-refractivity contribution in [1.29, 1.82) is 0 Å². The van der Waals surface area contributed by atoms with E-state index >= 15 is 0 Å². The maximum absolute atomic E-state index is 11.9. The molecule has 0 aromatic heterocycles. The Kier molecular flexibility index (Phi) is 3.98. The lowest BCUT2D eigenvalue weighted by Gasteiger charge is -2.24. The Bertz CT molecular complexity index is 632. The van der Waals surface area contributed by atoms with Gasteiger partial charge >= 0.3 is 5.97 Å². The van der Waals surface area contributed by atoms with Gasteiger partial charge in [0.15, 0.2) is 0 Å². The van der Waals surface area contributed by atoms with Crippen LogP contribution in [0.1, 0.15) is 19.8 Å². The summed E-state index contributed by atoms with van der Waals surface area (Å²) in [6, 6.07) is -0.312. The third-order valence-corrected chi connectivity index (χ3v) is 8.01. The van der Waals surface area contributed by atoms with Crippen LogP contribution in [0.25, 0.3) is 0 Å². The molecule has 9 heteroatoms. The molecule has 3 aliphatic heterocycles. The lowest BCUT2D eigenvalue weighted by atomic mass is 9.93. The minimum Gasteiger partial charge on any atom is -0.459 e. The lowest BCUT2D eigenvalue weighted by Crippen LogP contribution is -2.45. The van der Waals surface area contributed by atoms with Gasteiger partial charge in [0.05, 0.1) is 17.7 Å². The number of esters is 1. The first-order valence-corrected chi connectivity index (χ1v) is 9.58. The number of ether oxygens (including phenoxy) is 1. The zero-order chi connectivity index (χ0) is 16.1. The predicted octanol–water partition coefficient (Wildman–Crippen LogP) is -0.461. The second kappa shape index (κ2) is 5.54. The maximum atomic E-state index is 11.9. The van der Waals surface area contributed by atoms with Crippen molar-refractivity contribution < 1.29 is 22.7 Å². The van der Waals surface area contributed by atoms with E-state index in [1.54, 1.807) is 18.7 Å². The normalized spacial score (nSPS) is 37.0. The van der Waals surface area contributed by atoms with Gasteiger partial charge < -0.3 is 10.1 Å². The third-order valence-electron chi connectivity index (χ3n) is 4.21. The number of hydrogen-bond donors (Lipinski definition) is 2. The van der Waals surface area contributed by atoms with Crippen molar-refractivity contribution in [2.75, 3.05) is 6.54 Å². The molecule has 22 heavy (non-hydrogen) atoms. The molecular formula is C13H18N2O5S2. The zero-order valence-electron chi connectivity index (χ0n) is 12.1. The quantitative estimate of drug-likeness (QED) is 0.516. The molecule has 7 nitrogen and oxygen atoms in total. The van der Waals surface area contributed by atoms with Crippen LogP contribution < -0.4 is 10.0 Å². The monoisotopic (exact) mass is 346 g/mol. The summed E-state index contributed by atoms with van der Waals surface area (Å²) in [5, 5.41) is 2.24. The highest BCUT2D eigenvalue weighted by molar-refractivity contribution is 8.03. The summed E-state index contributed by atoms with van der Waals surface area (Å²) in [6.07, 6.45) is 0.180. The summed E-state index contributed by atoms with van der Waals surface area (Å²) >= 11 is 1.59. The fourth-order valence-electron chi connectivity index (χ4n) is 3.16. The molecule has 3 fully saturated rings. The van der Waals surface area contributed by atoms with Gasteiger partial charge in [-0.05, 0) is 13.3 Å². The van der Waals surface area contributed by atoms with E-state index in [2.05, 4.69) is 16.6 Å². The van der Waals surface area contributed by atoms with E-state index in [-0.39, 0.29) is 40.7 Å². The van der Waals surface area contributed by atoms with Gasteiger partial charge in [0.2, 0.25) is 15.9 Å². The molecule has 2 N–H and O–H groups in total. The predicted molar refractivity (Wildman–Crippen MR) is 81.7 cm³/mol. The lowest BCUT2D eigenvalue weighted by molar-refractivity contribution is -0.150. The molecule has 5 unspecified atom stereocenters. The summed E-state index contributed by atoms with van der Waals surface area (Å²) in [4.78, 5) is 23.2. The van der Waals surface area contributed by atoms with Gasteiger partial charge in [0.1, 0.15) is 6.10 Å². The Morgan fingerprint density at radius 2 is 2.18 bits per heavy atom. The fraction of sp³-hybridized carbons (Fsp3) is 0.692. The molecule has 5 atom stereocenters. The first kappa shape index (κ1) is 15.8. The van der Waals surface area contributed by atoms with E-state index in [1.165, 1.54) is 0 Å². The van der Waals surface area contributed by atoms with Gasteiger partial charge in [0.25, 0.3) is 0 Å². The molecule has 122 valence electrons. The van der Waals surface area contributed by atoms with Crippen LogP contribution in [-0.4, -0.2) is 54.7 Å². The Morgan fingerprint density at radius 3 is 2.86 bits per heavy atom. The average Bonchev–Trinajstić information content (AvgIpc) is 3.02. The number of nitrogens with one attached hydrogen (secondary N) is 2. The van der Waals surface area contributed by atoms with E-state index in [0.29, 0.717) is 12.0 Å². The second-order valence-corrected chi connectivity index (χ2v) is 9.20. The van der Waals surface area contributed by atoms with Crippen molar-refractivity contribution in [1.82, 2.24) is 10.0 Å². The highest BCUT2D eigenvalue weighted by atomic mass is 32.2. The Morgan fingerprint density at radius 1 is 1.45 bits per heavy atom. The smallest absolute Gasteiger partial charge is 0.307 e. The van der Waals surface area contributed by atoms with Gasteiger partial charge in [-0.3, -0.25) is 9.59 Å². The maximum Gasteiger partial charge on any atom is 0.307 e. The Labute approximate surface area is 133 Å². The molecule has 0 aromatic carbocycles. The molecule has 0 aromatic rings. The van der Waals surface area contributed by atoms with Gasteiger partial charge in [-0.1, -0.05) is 6.58 Å². The van der Waals surface area contributed by atoms with E-state index in [9.17, 15) is 18.0 Å². The minimum atomic E-state index is -3.27. The molecule has 1 amide bonds. The summed E-state index contributed by atoms with van der Waals surface area (Å²) in [6.45, 7) is 5.27. The van der Waals surface area contributed by atoms with Crippen molar-refractivity contribution in [3.05, 3.63) is 12.2 Å². The minimum absolute atomic E-state index is 0.0177. The SMILES string of the molecule is C=C(C)C(=O)NCCC(=O)OC1C2CC3C(S2)C1NS3(=O)=O. The first-order chi connectivity index (χ1) is 10.3. The highest BCUT2D eigenvalue weighted by Gasteiger charge is 2.64. The van der Waals surface area contributed by atoms with Crippen LogP contribution in [-0.2, 0) is 24.3 Å². The van der Waals surface area contributed by atoms with Crippen molar-refractivity contribution in [2.45, 2.75) is 47.7 Å². The number of carbonyl (C=O) groups excluding carboxylic acids is 2. The average molecular weight is 346 g/mol. The summed E-state index contributed by atoms with van der Waals surface area (Å²) in [5.74, 6) is -0.725. The van der Waals surface area contributed by atoms with Gasteiger partial charge in [-0.2, -0.15) is 0 Å². The Balaban J connectivity index is 1.51. The zero-order valence-corrected chi connectivity index (χ0v) is 13.7. The van der Waals surface area contributed by atoms with Gasteiger partial charge in [-0.25, -0.2) is 13.1 Å². The van der Waals surface area contributed by atoms with Crippen LogP contribution in [0.4, 0.5) is 0 Å². The first-order valence-electron chi connectivity index (χ1n) is 7.09. The summed E-state index contributed by atoms with van der Waals surface area (Å²) in [7, 11) is -3.27. The molecule has 3 saturated heterocycles. The number of hydrogen-bond acceptors (Lipinski definition) is 6. The molecule has 3 aliphatic rings. The fourth-order valence-corrected chi connectivity index (χ4v) is 7.59. The molecule has 3 heterocycles. The van der Waals surface area contributed by atoms with E-state index in [1.807, 2.05) is 0 Å². The van der Waals surface area contributed by atoms with Crippen LogP contribution in [0.15, 0.2) is 12.2 Å². The van der Waals surface area contributed by atoms with E-state index in [0.717, 1.165) is 0 Å². The number of thioether (sulfide) groups is 1. The standard InChI is InChI=1S/C13H18N2O5S2/c1-6(2)13(17)14-4-3-9(16)20-11-7-5-8-12(21-7)10(11)15-22(8,18)19/h7-8,10-12,15H,1,3-5H2,2H3,(H,14,17). The van der Waals surface area contributed by atoms with E-state index in [4.69, 9.17) is 4.74 Å². The molecule has 3 rings (SSSR count). The van der Waals surface area contributed by atoms with Crippen molar-refractivity contribution in [3.63, 3.8) is 0 Å². The van der Waals surface area contributed by atoms with Crippen LogP contribution in [0.2, 0.25) is 0 Å². The van der Waals surface area contributed by atoms with E-state index < -0.39 is 22.1 Å². The molecule has 0 spiro atoms. The number of sulfonamides is 1. The van der Waals surface area contributed by atoms with Crippen LogP contribution >= 0.6 is 11.8 Å².